The average Bonchev–Trinajstić information content (AvgIpc) is 2.93. The Kier molecular flexibility index (Phi) is 12.0. The van der Waals surface area contributed by atoms with E-state index in [1.807, 2.05) is 82.3 Å². The quantitative estimate of drug-likeness (QED) is 0.245. The summed E-state index contributed by atoms with van der Waals surface area (Å²) in [7, 11) is -3.59. The predicted molar refractivity (Wildman–Crippen MR) is 171 cm³/mol. The van der Waals surface area contributed by atoms with E-state index in [9.17, 15) is 18.0 Å². The van der Waals surface area contributed by atoms with Crippen LogP contribution in [0.2, 0.25) is 5.02 Å². The molecule has 0 saturated carbocycles. The van der Waals surface area contributed by atoms with Crippen molar-refractivity contribution in [3.05, 3.63) is 100 Å². The molecule has 7 nitrogen and oxygen atoms in total. The molecule has 1 atom stereocenters. The highest BCUT2D eigenvalue weighted by Crippen LogP contribution is 2.26. The third kappa shape index (κ3) is 9.60. The molecule has 42 heavy (non-hydrogen) atoms. The standard InChI is InChI=1S/C33H42ClN3O4S/c1-24(2)22-35-33(39)31(21-27-13-7-6-8-14-27)36(23-28-15-10-16-29(34)20-28)32(38)18-11-19-37(42(5,40)41)30-17-9-12-25(3)26(30)4/h6-10,12-17,20,24,31H,11,18-19,21-23H2,1-5H3,(H,35,39)/t31-/m1/s1. The van der Waals surface area contributed by atoms with Crippen LogP contribution in [0, 0.1) is 19.8 Å². The first kappa shape index (κ1) is 33.1. The normalized spacial score (nSPS) is 12.2. The van der Waals surface area contributed by atoms with Gasteiger partial charge >= 0.3 is 0 Å². The summed E-state index contributed by atoms with van der Waals surface area (Å²) >= 11 is 6.26. The van der Waals surface area contributed by atoms with Gasteiger partial charge in [0.25, 0.3) is 0 Å². The topological polar surface area (TPSA) is 86.8 Å². The third-order valence-electron chi connectivity index (χ3n) is 7.19. The van der Waals surface area contributed by atoms with Crippen molar-refractivity contribution >= 4 is 39.1 Å². The minimum Gasteiger partial charge on any atom is -0.354 e. The van der Waals surface area contributed by atoms with Gasteiger partial charge in [-0.05, 0) is 66.6 Å². The van der Waals surface area contributed by atoms with E-state index < -0.39 is 16.1 Å². The van der Waals surface area contributed by atoms with Gasteiger partial charge in [-0.2, -0.15) is 0 Å². The van der Waals surface area contributed by atoms with E-state index in [1.54, 1.807) is 23.1 Å². The molecule has 0 spiro atoms. The number of halogens is 1. The van der Waals surface area contributed by atoms with Gasteiger partial charge in [0.1, 0.15) is 6.04 Å². The number of nitrogens with zero attached hydrogens (tertiary/aromatic N) is 2. The molecule has 0 aliphatic rings. The highest BCUT2D eigenvalue weighted by atomic mass is 35.5. The number of anilines is 1. The number of rotatable bonds is 14. The van der Waals surface area contributed by atoms with Gasteiger partial charge in [-0.15, -0.1) is 0 Å². The summed E-state index contributed by atoms with van der Waals surface area (Å²) in [6, 6.07) is 21.7. The van der Waals surface area contributed by atoms with Crippen molar-refractivity contribution in [2.45, 2.75) is 59.5 Å². The van der Waals surface area contributed by atoms with Gasteiger partial charge in [0, 0.05) is 37.5 Å². The minimum absolute atomic E-state index is 0.0696. The Morgan fingerprint density at radius 2 is 1.60 bits per heavy atom. The Morgan fingerprint density at radius 3 is 2.24 bits per heavy atom. The van der Waals surface area contributed by atoms with E-state index in [4.69, 9.17) is 11.6 Å². The molecule has 3 aromatic carbocycles. The molecule has 0 aromatic heterocycles. The van der Waals surface area contributed by atoms with Gasteiger partial charge in [-0.25, -0.2) is 8.42 Å². The molecule has 0 saturated heterocycles. The van der Waals surface area contributed by atoms with E-state index in [0.717, 1.165) is 22.3 Å². The van der Waals surface area contributed by atoms with Crippen LogP contribution >= 0.6 is 11.6 Å². The fraction of sp³-hybridized carbons (Fsp3) is 0.394. The second kappa shape index (κ2) is 15.2. The van der Waals surface area contributed by atoms with Crippen molar-refractivity contribution in [3.63, 3.8) is 0 Å². The van der Waals surface area contributed by atoms with Crippen LogP contribution in [-0.4, -0.2) is 50.5 Å². The molecule has 0 fully saturated rings. The van der Waals surface area contributed by atoms with Crippen LogP contribution < -0.4 is 9.62 Å². The largest absolute Gasteiger partial charge is 0.354 e. The van der Waals surface area contributed by atoms with E-state index in [-0.39, 0.29) is 43.7 Å². The van der Waals surface area contributed by atoms with Crippen molar-refractivity contribution in [3.8, 4) is 0 Å². The summed E-state index contributed by atoms with van der Waals surface area (Å²) in [6.45, 7) is 8.69. The predicted octanol–water partition coefficient (Wildman–Crippen LogP) is 5.92. The fourth-order valence-corrected chi connectivity index (χ4v) is 6.03. The van der Waals surface area contributed by atoms with Gasteiger partial charge in [-0.1, -0.05) is 80.0 Å². The van der Waals surface area contributed by atoms with Crippen molar-refractivity contribution in [1.29, 1.82) is 0 Å². The third-order valence-corrected chi connectivity index (χ3v) is 8.61. The maximum atomic E-state index is 13.9. The van der Waals surface area contributed by atoms with Crippen molar-refractivity contribution in [1.82, 2.24) is 10.2 Å². The number of aryl methyl sites for hydroxylation is 1. The Labute approximate surface area is 255 Å². The number of sulfonamides is 1. The number of carbonyl (C=O) groups excluding carboxylic acids is 2. The van der Waals surface area contributed by atoms with Gasteiger partial charge in [0.05, 0.1) is 11.9 Å². The highest BCUT2D eigenvalue weighted by Gasteiger charge is 2.30. The lowest BCUT2D eigenvalue weighted by molar-refractivity contribution is -0.141. The van der Waals surface area contributed by atoms with Crippen LogP contribution in [0.15, 0.2) is 72.8 Å². The molecule has 0 heterocycles. The Hall–Kier alpha value is -3.36. The van der Waals surface area contributed by atoms with Crippen LogP contribution in [-0.2, 0) is 32.6 Å². The van der Waals surface area contributed by atoms with Crippen LogP contribution in [0.5, 0.6) is 0 Å². The average molecular weight is 612 g/mol. The number of hydrogen-bond acceptors (Lipinski definition) is 4. The molecule has 226 valence electrons. The lowest BCUT2D eigenvalue weighted by Crippen LogP contribution is -2.51. The maximum absolute atomic E-state index is 13.9. The van der Waals surface area contributed by atoms with Gasteiger partial charge in [0.15, 0.2) is 0 Å². The first-order chi connectivity index (χ1) is 19.9. The lowest BCUT2D eigenvalue weighted by atomic mass is 10.0. The van der Waals surface area contributed by atoms with E-state index in [0.29, 0.717) is 23.7 Å². The molecule has 0 bridgehead atoms. The second-order valence-electron chi connectivity index (χ2n) is 11.2. The lowest BCUT2D eigenvalue weighted by Gasteiger charge is -2.32. The van der Waals surface area contributed by atoms with E-state index >= 15 is 0 Å². The molecule has 0 aliphatic carbocycles. The number of hydrogen-bond donors (Lipinski definition) is 1. The summed E-state index contributed by atoms with van der Waals surface area (Å²) in [6.07, 6.45) is 1.88. The molecule has 0 radical (unpaired) electrons. The number of carbonyl (C=O) groups is 2. The van der Waals surface area contributed by atoms with Crippen molar-refractivity contribution in [2.75, 3.05) is 23.7 Å². The molecular weight excluding hydrogens is 570 g/mol. The highest BCUT2D eigenvalue weighted by molar-refractivity contribution is 7.92. The smallest absolute Gasteiger partial charge is 0.243 e. The van der Waals surface area contributed by atoms with Crippen LogP contribution in [0.1, 0.15) is 48.9 Å². The van der Waals surface area contributed by atoms with Crippen LogP contribution in [0.25, 0.3) is 0 Å². The molecule has 2 amide bonds. The van der Waals surface area contributed by atoms with E-state index in [1.165, 1.54) is 10.6 Å². The Bertz CT molecular complexity index is 1460. The molecule has 3 rings (SSSR count). The monoisotopic (exact) mass is 611 g/mol. The first-order valence-corrected chi connectivity index (χ1v) is 16.5. The van der Waals surface area contributed by atoms with Crippen molar-refractivity contribution < 1.29 is 18.0 Å². The first-order valence-electron chi connectivity index (χ1n) is 14.3. The summed E-state index contributed by atoms with van der Waals surface area (Å²) in [5.74, 6) is -0.212. The molecule has 3 aromatic rings. The number of amides is 2. The number of nitrogens with one attached hydrogen (secondary N) is 1. The van der Waals surface area contributed by atoms with Gasteiger partial charge in [0.2, 0.25) is 21.8 Å². The Morgan fingerprint density at radius 1 is 0.929 bits per heavy atom. The van der Waals surface area contributed by atoms with Crippen LogP contribution in [0.4, 0.5) is 5.69 Å². The molecule has 0 aliphatic heterocycles. The Balaban J connectivity index is 1.90. The van der Waals surface area contributed by atoms with Gasteiger partial charge < -0.3 is 10.2 Å². The summed E-state index contributed by atoms with van der Waals surface area (Å²) in [5, 5.41) is 3.56. The SMILES string of the molecule is Cc1cccc(N(CCCC(=O)N(Cc2cccc(Cl)c2)[C@H](Cc2ccccc2)C(=O)NCC(C)C)S(C)(=O)=O)c1C. The molecule has 1 N–H and O–H groups in total. The fourth-order valence-electron chi connectivity index (χ4n) is 4.80. The van der Waals surface area contributed by atoms with Crippen molar-refractivity contribution in [2.24, 2.45) is 5.92 Å². The number of benzene rings is 3. The van der Waals surface area contributed by atoms with Crippen LogP contribution in [0.3, 0.4) is 0 Å². The summed E-state index contributed by atoms with van der Waals surface area (Å²) < 4.78 is 26.9. The molecule has 9 heteroatoms. The second-order valence-corrected chi connectivity index (χ2v) is 13.5. The summed E-state index contributed by atoms with van der Waals surface area (Å²) in [5.41, 5.74) is 4.21. The summed E-state index contributed by atoms with van der Waals surface area (Å²) in [4.78, 5) is 29.2. The van der Waals surface area contributed by atoms with E-state index in [2.05, 4.69) is 5.32 Å². The minimum atomic E-state index is -3.59. The zero-order chi connectivity index (χ0) is 30.9. The molecular formula is C33H42ClN3O4S. The zero-order valence-electron chi connectivity index (χ0n) is 25.1. The molecule has 0 unspecified atom stereocenters. The van der Waals surface area contributed by atoms with Gasteiger partial charge in [-0.3, -0.25) is 13.9 Å². The maximum Gasteiger partial charge on any atom is 0.243 e. The zero-order valence-corrected chi connectivity index (χ0v) is 26.7.